The SMILES string of the molecule is Cc1cccc([C@@H]2Nc3ccc(S(=O)(=O)Nc4ccccc4)cc3[C@@H]3C=CC[C@@H]32)c1. The third-order valence-electron chi connectivity index (χ3n) is 6.07. The molecule has 0 unspecified atom stereocenters. The van der Waals surface area contributed by atoms with E-state index in [1.165, 1.54) is 11.1 Å². The Labute approximate surface area is 177 Å². The van der Waals surface area contributed by atoms with Crippen LogP contribution in [0, 0.1) is 12.8 Å². The monoisotopic (exact) mass is 416 g/mol. The second kappa shape index (κ2) is 7.33. The number of aryl methyl sites for hydroxylation is 1. The van der Waals surface area contributed by atoms with Gasteiger partial charge >= 0.3 is 0 Å². The highest BCUT2D eigenvalue weighted by atomic mass is 32.2. The molecule has 3 aromatic rings. The number of nitrogens with one attached hydrogen (secondary N) is 2. The molecule has 2 N–H and O–H groups in total. The van der Waals surface area contributed by atoms with Crippen LogP contribution in [0.5, 0.6) is 0 Å². The van der Waals surface area contributed by atoms with Gasteiger partial charge in [0.05, 0.1) is 10.9 Å². The average molecular weight is 417 g/mol. The molecule has 0 aromatic heterocycles. The molecule has 152 valence electrons. The molecule has 3 atom stereocenters. The molecule has 0 radical (unpaired) electrons. The summed E-state index contributed by atoms with van der Waals surface area (Å²) in [6, 6.07) is 23.2. The molecule has 1 aliphatic heterocycles. The number of para-hydroxylation sites is 1. The summed E-state index contributed by atoms with van der Waals surface area (Å²) in [6.07, 6.45) is 5.43. The van der Waals surface area contributed by atoms with Crippen LogP contribution in [0.2, 0.25) is 0 Å². The Balaban J connectivity index is 1.50. The number of fused-ring (bicyclic) bond motifs is 3. The van der Waals surface area contributed by atoms with Gasteiger partial charge < -0.3 is 5.32 Å². The maximum Gasteiger partial charge on any atom is 0.261 e. The van der Waals surface area contributed by atoms with Crippen LogP contribution in [0.25, 0.3) is 0 Å². The smallest absolute Gasteiger partial charge is 0.261 e. The molecule has 4 nitrogen and oxygen atoms in total. The number of anilines is 2. The van der Waals surface area contributed by atoms with Crippen molar-refractivity contribution in [2.75, 3.05) is 10.0 Å². The van der Waals surface area contributed by atoms with E-state index in [1.807, 2.05) is 30.3 Å². The van der Waals surface area contributed by atoms with Crippen LogP contribution in [0.1, 0.15) is 35.1 Å². The molecule has 30 heavy (non-hydrogen) atoms. The lowest BCUT2D eigenvalue weighted by molar-refractivity contribution is 0.425. The number of benzene rings is 3. The van der Waals surface area contributed by atoms with Crippen molar-refractivity contribution in [2.45, 2.75) is 30.2 Å². The molecule has 1 heterocycles. The van der Waals surface area contributed by atoms with Crippen molar-refractivity contribution >= 4 is 21.4 Å². The van der Waals surface area contributed by atoms with Crippen molar-refractivity contribution in [1.82, 2.24) is 0 Å². The Bertz CT molecular complexity index is 1220. The molecule has 1 aliphatic carbocycles. The fourth-order valence-electron chi connectivity index (χ4n) is 4.65. The first-order chi connectivity index (χ1) is 14.5. The number of rotatable bonds is 4. The predicted octanol–water partition coefficient (Wildman–Crippen LogP) is 5.62. The zero-order valence-electron chi connectivity index (χ0n) is 16.7. The predicted molar refractivity (Wildman–Crippen MR) is 121 cm³/mol. The maximum absolute atomic E-state index is 13.0. The normalized spacial score (nSPS) is 22.1. The maximum atomic E-state index is 13.0. The molecule has 0 spiro atoms. The zero-order chi connectivity index (χ0) is 20.7. The van der Waals surface area contributed by atoms with E-state index in [4.69, 9.17) is 0 Å². The quantitative estimate of drug-likeness (QED) is 0.543. The topological polar surface area (TPSA) is 58.2 Å². The van der Waals surface area contributed by atoms with Crippen LogP contribution in [0.15, 0.2) is 89.8 Å². The number of allylic oxidation sites excluding steroid dienone is 2. The first-order valence-corrected chi connectivity index (χ1v) is 11.7. The van der Waals surface area contributed by atoms with Crippen molar-refractivity contribution in [3.05, 3.63) is 102 Å². The highest BCUT2D eigenvalue weighted by Crippen LogP contribution is 2.50. The molecule has 5 rings (SSSR count). The van der Waals surface area contributed by atoms with Gasteiger partial charge in [0.15, 0.2) is 0 Å². The first kappa shape index (κ1) is 18.9. The van der Waals surface area contributed by atoms with Gasteiger partial charge in [-0.25, -0.2) is 8.42 Å². The lowest BCUT2D eigenvalue weighted by Crippen LogP contribution is -2.29. The highest BCUT2D eigenvalue weighted by Gasteiger charge is 2.38. The molecule has 0 saturated heterocycles. The number of sulfonamides is 1. The van der Waals surface area contributed by atoms with E-state index in [2.05, 4.69) is 53.4 Å². The molecular weight excluding hydrogens is 392 g/mol. The van der Waals surface area contributed by atoms with Gasteiger partial charge in [-0.15, -0.1) is 0 Å². The standard InChI is InChI=1S/C25H24N2O2S/c1-17-7-5-8-18(15-17)25-22-12-6-11-21(22)23-16-20(13-14-24(23)26-25)30(28,29)27-19-9-3-2-4-10-19/h2-11,13-16,21-22,25-27H,12H2,1H3/t21-,22+,25+/m1/s1. The minimum Gasteiger partial charge on any atom is -0.378 e. The van der Waals surface area contributed by atoms with E-state index >= 15 is 0 Å². The Morgan fingerprint density at radius 2 is 1.80 bits per heavy atom. The Morgan fingerprint density at radius 3 is 2.60 bits per heavy atom. The summed E-state index contributed by atoms with van der Waals surface area (Å²) in [5, 5.41) is 3.69. The second-order valence-corrected chi connectivity index (χ2v) is 9.79. The average Bonchev–Trinajstić information content (AvgIpc) is 3.23. The third-order valence-corrected chi connectivity index (χ3v) is 7.45. The molecule has 3 aromatic carbocycles. The largest absolute Gasteiger partial charge is 0.378 e. The summed E-state index contributed by atoms with van der Waals surface area (Å²) < 4.78 is 28.6. The summed E-state index contributed by atoms with van der Waals surface area (Å²) in [6.45, 7) is 2.11. The highest BCUT2D eigenvalue weighted by molar-refractivity contribution is 7.92. The number of hydrogen-bond donors (Lipinski definition) is 2. The molecular formula is C25H24N2O2S. The van der Waals surface area contributed by atoms with Gasteiger partial charge in [-0.2, -0.15) is 0 Å². The first-order valence-electron chi connectivity index (χ1n) is 10.2. The van der Waals surface area contributed by atoms with Crippen LogP contribution in [-0.2, 0) is 10.0 Å². The van der Waals surface area contributed by atoms with E-state index in [1.54, 1.807) is 18.2 Å². The van der Waals surface area contributed by atoms with Gasteiger partial charge in [-0.1, -0.05) is 60.2 Å². The lowest BCUT2D eigenvalue weighted by Gasteiger charge is -2.37. The summed E-state index contributed by atoms with van der Waals surface area (Å²) in [5.74, 6) is 0.581. The third kappa shape index (κ3) is 3.39. The summed E-state index contributed by atoms with van der Waals surface area (Å²) >= 11 is 0. The van der Waals surface area contributed by atoms with E-state index < -0.39 is 10.0 Å². The fourth-order valence-corrected chi connectivity index (χ4v) is 5.75. The fraction of sp³-hybridized carbons (Fsp3) is 0.200. The van der Waals surface area contributed by atoms with Crippen molar-refractivity contribution in [2.24, 2.45) is 5.92 Å². The van der Waals surface area contributed by atoms with Gasteiger partial charge in [0.25, 0.3) is 10.0 Å². The Hall–Kier alpha value is -3.05. The van der Waals surface area contributed by atoms with Crippen LogP contribution in [0.4, 0.5) is 11.4 Å². The van der Waals surface area contributed by atoms with Crippen molar-refractivity contribution in [3.63, 3.8) is 0 Å². The summed E-state index contributed by atoms with van der Waals surface area (Å²) in [4.78, 5) is 0.292. The van der Waals surface area contributed by atoms with Crippen molar-refractivity contribution in [1.29, 1.82) is 0 Å². The van der Waals surface area contributed by atoms with Gasteiger partial charge in [-0.05, 0) is 60.7 Å². The molecule has 0 amide bonds. The van der Waals surface area contributed by atoms with Gasteiger partial charge in [0, 0.05) is 17.3 Å². The molecule has 0 saturated carbocycles. The van der Waals surface area contributed by atoms with Crippen molar-refractivity contribution in [3.8, 4) is 0 Å². The number of hydrogen-bond acceptors (Lipinski definition) is 3. The Morgan fingerprint density at radius 1 is 0.967 bits per heavy atom. The summed E-state index contributed by atoms with van der Waals surface area (Å²) in [7, 11) is -3.65. The lowest BCUT2D eigenvalue weighted by atomic mass is 9.77. The second-order valence-electron chi connectivity index (χ2n) is 8.11. The molecule has 0 bridgehead atoms. The summed E-state index contributed by atoms with van der Waals surface area (Å²) in [5.41, 5.74) is 5.14. The molecule has 0 fully saturated rings. The van der Waals surface area contributed by atoms with E-state index in [-0.39, 0.29) is 12.0 Å². The molecule has 5 heteroatoms. The van der Waals surface area contributed by atoms with Crippen LogP contribution in [-0.4, -0.2) is 8.42 Å². The van der Waals surface area contributed by atoms with Gasteiger partial charge in [0.1, 0.15) is 0 Å². The van der Waals surface area contributed by atoms with Gasteiger partial charge in [0.2, 0.25) is 0 Å². The van der Waals surface area contributed by atoms with Crippen LogP contribution in [0.3, 0.4) is 0 Å². The zero-order valence-corrected chi connectivity index (χ0v) is 17.6. The Kier molecular flexibility index (Phi) is 4.63. The van der Waals surface area contributed by atoms with Gasteiger partial charge in [-0.3, -0.25) is 4.72 Å². The molecule has 2 aliphatic rings. The van der Waals surface area contributed by atoms with Crippen molar-refractivity contribution < 1.29 is 8.42 Å². The van der Waals surface area contributed by atoms with E-state index in [0.29, 0.717) is 16.5 Å². The van der Waals surface area contributed by atoms with E-state index in [9.17, 15) is 8.42 Å². The van der Waals surface area contributed by atoms with Crippen LogP contribution >= 0.6 is 0 Å². The minimum absolute atomic E-state index is 0.207. The van der Waals surface area contributed by atoms with Crippen LogP contribution < -0.4 is 10.0 Å². The van der Waals surface area contributed by atoms with E-state index in [0.717, 1.165) is 17.7 Å². The minimum atomic E-state index is -3.65.